The maximum Gasteiger partial charge on any atom is 0.250 e. The first kappa shape index (κ1) is 12.9. The van der Waals surface area contributed by atoms with Gasteiger partial charge >= 0.3 is 0 Å². The van der Waals surface area contributed by atoms with Gasteiger partial charge in [-0.15, -0.1) is 10.2 Å². The SMILES string of the molecule is Cn1cnnc1CCNc1ccc(N)c(C(N)=O)c1. The first-order valence-electron chi connectivity index (χ1n) is 5.84. The van der Waals surface area contributed by atoms with Gasteiger partial charge in [0.2, 0.25) is 0 Å². The van der Waals surface area contributed by atoms with Gasteiger partial charge in [0.25, 0.3) is 5.91 Å². The molecule has 0 spiro atoms. The Balaban J connectivity index is 1.98. The highest BCUT2D eigenvalue weighted by atomic mass is 16.1. The maximum atomic E-state index is 11.2. The molecule has 0 unspecified atom stereocenters. The number of carbonyl (C=O) groups excluding carboxylic acids is 1. The minimum absolute atomic E-state index is 0.323. The summed E-state index contributed by atoms with van der Waals surface area (Å²) in [6.45, 7) is 0.675. The van der Waals surface area contributed by atoms with Crippen LogP contribution in [0.3, 0.4) is 0 Å². The number of aromatic nitrogens is 3. The molecular weight excluding hydrogens is 244 g/mol. The monoisotopic (exact) mass is 260 g/mol. The molecule has 0 aliphatic carbocycles. The average Bonchev–Trinajstić information content (AvgIpc) is 2.77. The predicted molar refractivity (Wildman–Crippen MR) is 72.6 cm³/mol. The number of nitrogen functional groups attached to an aromatic ring is 1. The highest BCUT2D eigenvalue weighted by Crippen LogP contribution is 2.17. The Hall–Kier alpha value is -2.57. The van der Waals surface area contributed by atoms with Crippen molar-refractivity contribution in [2.75, 3.05) is 17.6 Å². The number of nitrogens with one attached hydrogen (secondary N) is 1. The molecule has 2 rings (SSSR count). The lowest BCUT2D eigenvalue weighted by atomic mass is 10.1. The standard InChI is InChI=1S/C12H16N6O/c1-18-7-16-17-11(18)4-5-15-8-2-3-10(13)9(6-8)12(14)19/h2-3,6-7,15H,4-5,13H2,1H3,(H2,14,19). The highest BCUT2D eigenvalue weighted by Gasteiger charge is 2.06. The van der Waals surface area contributed by atoms with Crippen LogP contribution < -0.4 is 16.8 Å². The summed E-state index contributed by atoms with van der Waals surface area (Å²) < 4.78 is 1.86. The van der Waals surface area contributed by atoms with Crippen molar-refractivity contribution in [1.29, 1.82) is 0 Å². The number of hydrogen-bond donors (Lipinski definition) is 3. The van der Waals surface area contributed by atoms with Gasteiger partial charge < -0.3 is 21.4 Å². The van der Waals surface area contributed by atoms with E-state index in [0.717, 1.165) is 17.9 Å². The fourth-order valence-electron chi connectivity index (χ4n) is 1.73. The minimum Gasteiger partial charge on any atom is -0.398 e. The molecule has 0 fully saturated rings. The Bertz CT molecular complexity index is 592. The van der Waals surface area contributed by atoms with Gasteiger partial charge in [-0.2, -0.15) is 0 Å². The van der Waals surface area contributed by atoms with Crippen molar-refractivity contribution in [3.05, 3.63) is 35.9 Å². The van der Waals surface area contributed by atoms with E-state index in [9.17, 15) is 4.79 Å². The predicted octanol–water partition coefficient (Wildman–Crippen LogP) is 0.151. The second-order valence-electron chi connectivity index (χ2n) is 4.20. The van der Waals surface area contributed by atoms with Crippen molar-refractivity contribution in [3.63, 3.8) is 0 Å². The Labute approximate surface area is 110 Å². The first-order chi connectivity index (χ1) is 9.08. The van der Waals surface area contributed by atoms with Crippen LogP contribution in [-0.4, -0.2) is 27.2 Å². The first-order valence-corrected chi connectivity index (χ1v) is 5.84. The molecule has 100 valence electrons. The lowest BCUT2D eigenvalue weighted by Gasteiger charge is -2.08. The van der Waals surface area contributed by atoms with E-state index in [0.29, 0.717) is 17.8 Å². The van der Waals surface area contributed by atoms with Crippen molar-refractivity contribution in [1.82, 2.24) is 14.8 Å². The van der Waals surface area contributed by atoms with E-state index in [1.54, 1.807) is 24.5 Å². The molecule has 1 heterocycles. The van der Waals surface area contributed by atoms with Gasteiger partial charge in [0.1, 0.15) is 12.2 Å². The number of aryl methyl sites for hydroxylation is 1. The summed E-state index contributed by atoms with van der Waals surface area (Å²) in [6.07, 6.45) is 2.39. The molecule has 0 saturated heterocycles. The van der Waals surface area contributed by atoms with E-state index in [1.165, 1.54) is 0 Å². The van der Waals surface area contributed by atoms with E-state index in [2.05, 4.69) is 15.5 Å². The molecule has 0 saturated carbocycles. The quantitative estimate of drug-likeness (QED) is 0.662. The highest BCUT2D eigenvalue weighted by molar-refractivity contribution is 5.98. The Kier molecular flexibility index (Phi) is 3.65. The number of benzene rings is 1. The van der Waals surface area contributed by atoms with Crippen molar-refractivity contribution < 1.29 is 4.79 Å². The van der Waals surface area contributed by atoms with Gasteiger partial charge in [-0.25, -0.2) is 0 Å². The largest absolute Gasteiger partial charge is 0.398 e. The van der Waals surface area contributed by atoms with Crippen molar-refractivity contribution >= 4 is 17.3 Å². The molecule has 19 heavy (non-hydrogen) atoms. The molecule has 1 aromatic carbocycles. The fourth-order valence-corrected chi connectivity index (χ4v) is 1.73. The smallest absolute Gasteiger partial charge is 0.250 e. The van der Waals surface area contributed by atoms with E-state index in [1.807, 2.05) is 11.6 Å². The number of anilines is 2. The Morgan fingerprint density at radius 2 is 2.26 bits per heavy atom. The van der Waals surface area contributed by atoms with Crippen molar-refractivity contribution in [2.24, 2.45) is 12.8 Å². The Morgan fingerprint density at radius 1 is 1.47 bits per heavy atom. The molecular formula is C12H16N6O. The fraction of sp³-hybridized carbons (Fsp3) is 0.250. The normalized spacial score (nSPS) is 10.4. The topological polar surface area (TPSA) is 112 Å². The summed E-state index contributed by atoms with van der Waals surface area (Å²) in [5.41, 5.74) is 12.4. The third kappa shape index (κ3) is 3.01. The van der Waals surface area contributed by atoms with Crippen LogP contribution in [0.5, 0.6) is 0 Å². The third-order valence-corrected chi connectivity index (χ3v) is 2.80. The van der Waals surface area contributed by atoms with E-state index < -0.39 is 5.91 Å². The van der Waals surface area contributed by atoms with Crippen LogP contribution in [0.25, 0.3) is 0 Å². The van der Waals surface area contributed by atoms with Crippen molar-refractivity contribution in [3.8, 4) is 0 Å². The number of carbonyl (C=O) groups is 1. The number of nitrogens with two attached hydrogens (primary N) is 2. The minimum atomic E-state index is -0.533. The molecule has 0 aliphatic rings. The van der Waals surface area contributed by atoms with Gasteiger partial charge in [0.15, 0.2) is 0 Å². The molecule has 0 bridgehead atoms. The summed E-state index contributed by atoms with van der Waals surface area (Å²) in [5.74, 6) is 0.354. The van der Waals surface area contributed by atoms with E-state index in [-0.39, 0.29) is 0 Å². The van der Waals surface area contributed by atoms with Crippen LogP contribution in [-0.2, 0) is 13.5 Å². The van der Waals surface area contributed by atoms with Crippen LogP contribution in [0.15, 0.2) is 24.5 Å². The van der Waals surface area contributed by atoms with E-state index >= 15 is 0 Å². The van der Waals surface area contributed by atoms with Gasteiger partial charge in [0, 0.05) is 31.4 Å². The van der Waals surface area contributed by atoms with Crippen LogP contribution in [0.2, 0.25) is 0 Å². The molecule has 7 heteroatoms. The molecule has 1 amide bonds. The van der Waals surface area contributed by atoms with Crippen LogP contribution in [0.1, 0.15) is 16.2 Å². The summed E-state index contributed by atoms with van der Waals surface area (Å²) >= 11 is 0. The van der Waals surface area contributed by atoms with Crippen molar-refractivity contribution in [2.45, 2.75) is 6.42 Å². The molecule has 5 N–H and O–H groups in total. The van der Waals surface area contributed by atoms with Gasteiger partial charge in [0.05, 0.1) is 5.56 Å². The van der Waals surface area contributed by atoms with Crippen LogP contribution in [0, 0.1) is 0 Å². The molecule has 0 atom stereocenters. The maximum absolute atomic E-state index is 11.2. The number of primary amides is 1. The summed E-state index contributed by atoms with van der Waals surface area (Å²) in [6, 6.07) is 5.11. The zero-order valence-corrected chi connectivity index (χ0v) is 10.6. The zero-order valence-electron chi connectivity index (χ0n) is 10.6. The van der Waals surface area contributed by atoms with Gasteiger partial charge in [-0.3, -0.25) is 4.79 Å². The second kappa shape index (κ2) is 5.38. The lowest BCUT2D eigenvalue weighted by Crippen LogP contribution is -2.14. The Morgan fingerprint density at radius 3 is 2.89 bits per heavy atom. The average molecular weight is 260 g/mol. The van der Waals surface area contributed by atoms with Crippen LogP contribution in [0.4, 0.5) is 11.4 Å². The summed E-state index contributed by atoms with van der Waals surface area (Å²) in [4.78, 5) is 11.2. The molecule has 0 aliphatic heterocycles. The number of amides is 1. The summed E-state index contributed by atoms with van der Waals surface area (Å²) in [5, 5.41) is 11.0. The number of nitrogens with zero attached hydrogens (tertiary/aromatic N) is 3. The van der Waals surface area contributed by atoms with Gasteiger partial charge in [-0.1, -0.05) is 0 Å². The van der Waals surface area contributed by atoms with Gasteiger partial charge in [-0.05, 0) is 18.2 Å². The molecule has 0 radical (unpaired) electrons. The zero-order chi connectivity index (χ0) is 13.8. The van der Waals surface area contributed by atoms with Crippen LogP contribution >= 0.6 is 0 Å². The summed E-state index contributed by atoms with van der Waals surface area (Å²) in [7, 11) is 1.89. The number of hydrogen-bond acceptors (Lipinski definition) is 5. The second-order valence-corrected chi connectivity index (χ2v) is 4.20. The molecule has 1 aromatic heterocycles. The number of rotatable bonds is 5. The lowest BCUT2D eigenvalue weighted by molar-refractivity contribution is 0.100. The third-order valence-electron chi connectivity index (χ3n) is 2.80. The van der Waals surface area contributed by atoms with E-state index in [4.69, 9.17) is 11.5 Å². The molecule has 2 aromatic rings. The molecule has 7 nitrogen and oxygen atoms in total.